The number of likely N-dealkylation sites (N-methyl/N-ethyl adjacent to an activating group) is 1. The van der Waals surface area contributed by atoms with Crippen LogP contribution in [0.3, 0.4) is 0 Å². The van der Waals surface area contributed by atoms with E-state index < -0.39 is 0 Å². The maximum absolute atomic E-state index is 11.1. The van der Waals surface area contributed by atoms with Crippen molar-refractivity contribution in [1.29, 1.82) is 0 Å². The predicted octanol–water partition coefficient (Wildman–Crippen LogP) is -0.182. The van der Waals surface area contributed by atoms with Crippen LogP contribution in [-0.4, -0.2) is 40.9 Å². The molecule has 1 atom stereocenters. The molecule has 62 valence electrons. The van der Waals surface area contributed by atoms with E-state index in [0.29, 0.717) is 6.54 Å². The molecule has 0 N–H and O–H groups in total. The van der Waals surface area contributed by atoms with E-state index in [1.54, 1.807) is 25.8 Å². The van der Waals surface area contributed by atoms with Gasteiger partial charge in [-0.05, 0) is 0 Å². The number of hydrogen-bond donors (Lipinski definition) is 0. The van der Waals surface area contributed by atoms with Gasteiger partial charge in [-0.25, -0.2) is 4.74 Å². The van der Waals surface area contributed by atoms with E-state index in [0.717, 1.165) is 4.74 Å². The van der Waals surface area contributed by atoms with Gasteiger partial charge in [0.2, 0.25) is 5.71 Å². The lowest BCUT2D eigenvalue weighted by Crippen LogP contribution is -2.48. The fraction of sp³-hybridized carbons (Fsp3) is 0.714. The number of rotatable bonds is 0. The Morgan fingerprint density at radius 1 is 1.73 bits per heavy atom. The number of hydrogen-bond acceptors (Lipinski definition) is 2. The van der Waals surface area contributed by atoms with Crippen LogP contribution >= 0.6 is 0 Å². The van der Waals surface area contributed by atoms with Crippen LogP contribution in [0.15, 0.2) is 0 Å². The van der Waals surface area contributed by atoms with E-state index in [1.807, 2.05) is 0 Å². The summed E-state index contributed by atoms with van der Waals surface area (Å²) in [6.07, 6.45) is 0. The van der Waals surface area contributed by atoms with Gasteiger partial charge >= 0.3 is 5.91 Å². The quantitative estimate of drug-likeness (QED) is 0.361. The number of carbonyl (C=O) groups excluding carboxylic acids is 1. The van der Waals surface area contributed by atoms with Crippen LogP contribution < -0.4 is 0 Å². The molecule has 0 fully saturated rings. The Morgan fingerprint density at radius 2 is 2.27 bits per heavy atom. The van der Waals surface area contributed by atoms with Crippen molar-refractivity contribution in [2.45, 2.75) is 19.9 Å². The lowest BCUT2D eigenvalue weighted by atomic mass is 10.2. The first-order valence-corrected chi connectivity index (χ1v) is 3.59. The van der Waals surface area contributed by atoms with Crippen LogP contribution in [0.1, 0.15) is 13.8 Å². The molecular formula is C7H12N2O2. The van der Waals surface area contributed by atoms with Crippen LogP contribution in [0.25, 0.3) is 0 Å². The van der Waals surface area contributed by atoms with Gasteiger partial charge in [-0.15, -0.1) is 0 Å². The minimum Gasteiger partial charge on any atom is -0.623 e. The first-order valence-electron chi connectivity index (χ1n) is 3.59. The van der Waals surface area contributed by atoms with Gasteiger partial charge in [-0.3, -0.25) is 4.79 Å². The second-order valence-corrected chi connectivity index (χ2v) is 2.95. The summed E-state index contributed by atoms with van der Waals surface area (Å²) in [5, 5.41) is 11.1. The maximum atomic E-state index is 11.1. The fourth-order valence-corrected chi connectivity index (χ4v) is 1.25. The van der Waals surface area contributed by atoms with Crippen molar-refractivity contribution in [2.24, 2.45) is 0 Å². The highest BCUT2D eigenvalue weighted by molar-refractivity contribution is 6.35. The molecule has 0 aromatic heterocycles. The average Bonchev–Trinajstić information content (AvgIpc) is 1.97. The molecule has 0 aromatic carbocycles. The monoisotopic (exact) mass is 156 g/mol. The third-order valence-electron chi connectivity index (χ3n) is 1.93. The Hall–Kier alpha value is -1.06. The maximum Gasteiger partial charge on any atom is 0.314 e. The molecule has 4 nitrogen and oxygen atoms in total. The molecule has 1 aliphatic rings. The van der Waals surface area contributed by atoms with Crippen molar-refractivity contribution in [2.75, 3.05) is 13.6 Å². The molecule has 0 aromatic rings. The third-order valence-corrected chi connectivity index (χ3v) is 1.93. The predicted molar refractivity (Wildman–Crippen MR) is 41.4 cm³/mol. The lowest BCUT2D eigenvalue weighted by Gasteiger charge is -2.26. The second-order valence-electron chi connectivity index (χ2n) is 2.95. The summed E-state index contributed by atoms with van der Waals surface area (Å²) in [5.41, 5.74) is 0.284. The zero-order chi connectivity index (χ0) is 8.59. The highest BCUT2D eigenvalue weighted by Gasteiger charge is 2.29. The largest absolute Gasteiger partial charge is 0.623 e. The van der Waals surface area contributed by atoms with E-state index in [-0.39, 0.29) is 17.7 Å². The van der Waals surface area contributed by atoms with Crippen LogP contribution in [0.5, 0.6) is 0 Å². The zero-order valence-electron chi connectivity index (χ0n) is 7.00. The number of hydroxylamine groups is 1. The molecule has 0 bridgehead atoms. The van der Waals surface area contributed by atoms with Gasteiger partial charge in [-0.1, -0.05) is 0 Å². The van der Waals surface area contributed by atoms with E-state index in [2.05, 4.69) is 0 Å². The highest BCUT2D eigenvalue weighted by atomic mass is 16.5. The molecule has 0 spiro atoms. The summed E-state index contributed by atoms with van der Waals surface area (Å²) >= 11 is 0. The van der Waals surface area contributed by atoms with Crippen molar-refractivity contribution in [3.8, 4) is 0 Å². The molecule has 0 saturated heterocycles. The lowest BCUT2D eigenvalue weighted by molar-refractivity contribution is -0.500. The summed E-state index contributed by atoms with van der Waals surface area (Å²) in [6, 6.07) is -0.113. The Kier molecular flexibility index (Phi) is 1.85. The van der Waals surface area contributed by atoms with Gasteiger partial charge in [0.05, 0.1) is 6.54 Å². The van der Waals surface area contributed by atoms with Gasteiger partial charge in [0.1, 0.15) is 0 Å². The smallest absolute Gasteiger partial charge is 0.314 e. The van der Waals surface area contributed by atoms with Crippen LogP contribution in [0.4, 0.5) is 0 Å². The standard InChI is InChI=1S/C7H12N2O2/c1-5-4-8(3)7(10)6(2)9(5)11/h5H,4H2,1-3H3. The molecular weight excluding hydrogens is 144 g/mol. The highest BCUT2D eigenvalue weighted by Crippen LogP contribution is 2.02. The summed E-state index contributed by atoms with van der Waals surface area (Å²) in [4.78, 5) is 12.7. The molecule has 1 aliphatic heterocycles. The first-order chi connectivity index (χ1) is 5.04. The van der Waals surface area contributed by atoms with Crippen molar-refractivity contribution in [3.05, 3.63) is 5.21 Å². The second kappa shape index (κ2) is 2.53. The molecule has 1 heterocycles. The average molecular weight is 156 g/mol. The van der Waals surface area contributed by atoms with Gasteiger partial charge in [0, 0.05) is 20.9 Å². The molecule has 1 amide bonds. The SMILES string of the molecule is CC1=[N+]([O-])C(C)CN(C)C1=O. The van der Waals surface area contributed by atoms with E-state index in [4.69, 9.17) is 0 Å². The van der Waals surface area contributed by atoms with Crippen molar-refractivity contribution in [1.82, 2.24) is 4.90 Å². The molecule has 1 unspecified atom stereocenters. The Morgan fingerprint density at radius 3 is 2.82 bits per heavy atom. The fourth-order valence-electron chi connectivity index (χ4n) is 1.25. The van der Waals surface area contributed by atoms with Crippen LogP contribution in [-0.2, 0) is 4.79 Å². The summed E-state index contributed by atoms with van der Waals surface area (Å²) in [6.45, 7) is 3.88. The molecule has 0 aliphatic carbocycles. The molecule has 4 heteroatoms. The Balaban J connectivity index is 2.98. The Labute approximate surface area is 65.7 Å². The van der Waals surface area contributed by atoms with Gasteiger partial charge in [-0.2, -0.15) is 0 Å². The Bertz CT molecular complexity index is 222. The zero-order valence-corrected chi connectivity index (χ0v) is 7.00. The minimum atomic E-state index is -0.168. The molecule has 11 heavy (non-hydrogen) atoms. The van der Waals surface area contributed by atoms with Crippen molar-refractivity contribution >= 4 is 11.6 Å². The van der Waals surface area contributed by atoms with Crippen LogP contribution in [0.2, 0.25) is 0 Å². The molecule has 1 rings (SSSR count). The minimum absolute atomic E-state index is 0.113. The van der Waals surface area contributed by atoms with E-state index in [9.17, 15) is 10.0 Å². The van der Waals surface area contributed by atoms with Crippen molar-refractivity contribution < 1.29 is 9.53 Å². The van der Waals surface area contributed by atoms with Crippen LogP contribution in [0, 0.1) is 5.21 Å². The van der Waals surface area contributed by atoms with E-state index in [1.165, 1.54) is 0 Å². The van der Waals surface area contributed by atoms with Gasteiger partial charge in [0.25, 0.3) is 0 Å². The van der Waals surface area contributed by atoms with E-state index >= 15 is 0 Å². The first kappa shape index (κ1) is 8.04. The summed E-state index contributed by atoms with van der Waals surface area (Å²) in [5.74, 6) is -0.168. The summed E-state index contributed by atoms with van der Waals surface area (Å²) in [7, 11) is 1.70. The van der Waals surface area contributed by atoms with Gasteiger partial charge < -0.3 is 10.1 Å². The van der Waals surface area contributed by atoms with Crippen molar-refractivity contribution in [3.63, 3.8) is 0 Å². The molecule has 0 radical (unpaired) electrons. The topological polar surface area (TPSA) is 46.4 Å². The third kappa shape index (κ3) is 1.20. The normalized spacial score (nSPS) is 26.3. The summed E-state index contributed by atoms with van der Waals surface area (Å²) < 4.78 is 0.780. The van der Waals surface area contributed by atoms with Gasteiger partial charge in [0.15, 0.2) is 6.04 Å². The molecule has 0 saturated carbocycles. The number of amides is 1. The number of nitrogens with zero attached hydrogens (tertiary/aromatic N) is 2. The number of carbonyl (C=O) groups is 1.